The summed E-state index contributed by atoms with van der Waals surface area (Å²) in [4.78, 5) is 13.0. The summed E-state index contributed by atoms with van der Waals surface area (Å²) >= 11 is 1.30. The van der Waals surface area contributed by atoms with E-state index in [1.165, 1.54) is 17.8 Å². The van der Waals surface area contributed by atoms with Gasteiger partial charge in [-0.25, -0.2) is 0 Å². The van der Waals surface area contributed by atoms with Crippen molar-refractivity contribution < 1.29 is 9.53 Å². The number of ether oxygens (including phenoxy) is 1. The van der Waals surface area contributed by atoms with Gasteiger partial charge in [0.25, 0.3) is 5.91 Å². The molecule has 1 amide bonds. The Kier molecular flexibility index (Phi) is 3.97. The maximum absolute atomic E-state index is 12.4. The molecule has 0 unspecified atom stereocenters. The summed E-state index contributed by atoms with van der Waals surface area (Å²) in [6, 6.07) is 13.9. The zero-order chi connectivity index (χ0) is 16.5. The Bertz CT molecular complexity index is 793. The zero-order valence-corrected chi connectivity index (χ0v) is 13.8. The van der Waals surface area contributed by atoms with Crippen LogP contribution in [0.15, 0.2) is 36.4 Å². The van der Waals surface area contributed by atoms with E-state index in [1.807, 2.05) is 0 Å². The second-order valence-electron chi connectivity index (χ2n) is 6.22. The molecule has 2 N–H and O–H groups in total. The molecule has 2 saturated heterocycles. The molecule has 122 valence electrons. The van der Waals surface area contributed by atoms with Crippen molar-refractivity contribution in [2.45, 2.75) is 37.4 Å². The Hall–Kier alpha value is -2.36. The van der Waals surface area contributed by atoms with Crippen LogP contribution in [0.5, 0.6) is 10.8 Å². The minimum atomic E-state index is -0.0382. The number of hydrogen-bond donors (Lipinski definition) is 2. The lowest BCUT2D eigenvalue weighted by molar-refractivity contribution is 0.0931. The Morgan fingerprint density at radius 1 is 1.25 bits per heavy atom. The first-order valence-corrected chi connectivity index (χ1v) is 8.88. The summed E-state index contributed by atoms with van der Waals surface area (Å²) in [5.41, 5.74) is 0.633. The largest absolute Gasteiger partial charge is 0.447 e. The summed E-state index contributed by atoms with van der Waals surface area (Å²) in [5, 5.41) is 16.1. The van der Waals surface area contributed by atoms with E-state index in [2.05, 4.69) is 16.7 Å². The third-order valence-corrected chi connectivity index (χ3v) is 5.51. The molecule has 1 aromatic carbocycles. The molecule has 2 fully saturated rings. The predicted molar refractivity (Wildman–Crippen MR) is 91.4 cm³/mol. The minimum absolute atomic E-state index is 0.0382. The van der Waals surface area contributed by atoms with Crippen molar-refractivity contribution in [3.8, 4) is 16.9 Å². The Morgan fingerprint density at radius 2 is 2.08 bits per heavy atom. The highest BCUT2D eigenvalue weighted by Gasteiger charge is 2.39. The van der Waals surface area contributed by atoms with Gasteiger partial charge in [0.2, 0.25) is 0 Å². The van der Waals surface area contributed by atoms with Crippen LogP contribution in [-0.2, 0) is 0 Å². The van der Waals surface area contributed by atoms with Crippen molar-refractivity contribution in [3.05, 3.63) is 46.8 Å². The molecule has 2 aromatic rings. The molecule has 2 bridgehead atoms. The number of amides is 1. The topological polar surface area (TPSA) is 74.1 Å². The van der Waals surface area contributed by atoms with Crippen molar-refractivity contribution in [1.29, 1.82) is 5.26 Å². The van der Waals surface area contributed by atoms with E-state index in [4.69, 9.17) is 10.00 Å². The van der Waals surface area contributed by atoms with Gasteiger partial charge in [-0.1, -0.05) is 11.3 Å². The van der Waals surface area contributed by atoms with Crippen LogP contribution < -0.4 is 15.4 Å². The molecule has 6 heteroatoms. The van der Waals surface area contributed by atoms with Gasteiger partial charge in [0.15, 0.2) is 5.06 Å². The minimum Gasteiger partial charge on any atom is -0.447 e. The maximum atomic E-state index is 12.4. The van der Waals surface area contributed by atoms with E-state index < -0.39 is 0 Å². The number of nitrogens with one attached hydrogen (secondary N) is 2. The first kappa shape index (κ1) is 15.2. The van der Waals surface area contributed by atoms with Crippen LogP contribution in [0, 0.1) is 11.3 Å². The van der Waals surface area contributed by atoms with Crippen LogP contribution >= 0.6 is 11.3 Å². The van der Waals surface area contributed by atoms with Crippen molar-refractivity contribution >= 4 is 17.2 Å². The average molecular weight is 339 g/mol. The zero-order valence-electron chi connectivity index (χ0n) is 13.0. The molecule has 0 spiro atoms. The van der Waals surface area contributed by atoms with Gasteiger partial charge >= 0.3 is 0 Å². The summed E-state index contributed by atoms with van der Waals surface area (Å²) < 4.78 is 5.69. The van der Waals surface area contributed by atoms with Gasteiger partial charge in [0.1, 0.15) is 16.7 Å². The van der Waals surface area contributed by atoms with Crippen LogP contribution in [0.1, 0.15) is 34.5 Å². The molecule has 1 aromatic heterocycles. The van der Waals surface area contributed by atoms with Crippen LogP contribution in [-0.4, -0.2) is 24.0 Å². The Balaban J connectivity index is 1.38. The van der Waals surface area contributed by atoms with Gasteiger partial charge in [0, 0.05) is 23.7 Å². The number of nitrogens with zero attached hydrogens (tertiary/aromatic N) is 1. The van der Waals surface area contributed by atoms with Crippen molar-refractivity contribution in [3.63, 3.8) is 0 Å². The van der Waals surface area contributed by atoms with E-state index in [0.717, 1.165) is 12.8 Å². The highest BCUT2D eigenvalue weighted by molar-refractivity contribution is 7.14. The number of thiophene rings is 1. The number of hydrogen-bond acceptors (Lipinski definition) is 5. The van der Waals surface area contributed by atoms with Gasteiger partial charge in [-0.2, -0.15) is 5.26 Å². The number of rotatable bonds is 4. The number of nitriles is 1. The van der Waals surface area contributed by atoms with Gasteiger partial charge in [-0.15, -0.1) is 0 Å². The molecule has 0 saturated carbocycles. The fourth-order valence-corrected chi connectivity index (χ4v) is 4.13. The third kappa shape index (κ3) is 3.01. The van der Waals surface area contributed by atoms with E-state index in [0.29, 0.717) is 33.3 Å². The molecule has 5 nitrogen and oxygen atoms in total. The van der Waals surface area contributed by atoms with Crippen molar-refractivity contribution in [2.75, 3.05) is 0 Å². The standard InChI is InChI=1S/C18H17N3O2S/c19-10-14-6-8-17(24-14)23-13-4-1-11(2-5-13)18(22)21-16-9-12-3-7-15(16)20-12/h1-2,4-6,8,12,15-16,20H,3,7,9H2,(H,21,22)/t12-,15+,16-/m1/s1. The maximum Gasteiger partial charge on any atom is 0.251 e. The Morgan fingerprint density at radius 3 is 2.71 bits per heavy atom. The lowest BCUT2D eigenvalue weighted by atomic mass is 9.95. The molecule has 2 aliphatic heterocycles. The van der Waals surface area contributed by atoms with Gasteiger partial charge in [-0.05, 0) is 55.7 Å². The molecule has 0 aliphatic carbocycles. The number of carbonyl (C=O) groups is 1. The van der Waals surface area contributed by atoms with E-state index in [9.17, 15) is 4.79 Å². The molecular weight excluding hydrogens is 322 g/mol. The van der Waals surface area contributed by atoms with E-state index in [-0.39, 0.29) is 11.9 Å². The molecule has 2 aliphatic rings. The highest BCUT2D eigenvalue weighted by Crippen LogP contribution is 2.30. The quantitative estimate of drug-likeness (QED) is 0.898. The van der Waals surface area contributed by atoms with Crippen LogP contribution in [0.4, 0.5) is 0 Å². The molecule has 4 rings (SSSR count). The van der Waals surface area contributed by atoms with Gasteiger partial charge in [-0.3, -0.25) is 4.79 Å². The normalized spacial score (nSPS) is 24.5. The molecule has 24 heavy (non-hydrogen) atoms. The first-order chi connectivity index (χ1) is 11.7. The van der Waals surface area contributed by atoms with E-state index >= 15 is 0 Å². The summed E-state index contributed by atoms with van der Waals surface area (Å²) in [5.74, 6) is 0.614. The molecule has 3 heterocycles. The van der Waals surface area contributed by atoms with Crippen LogP contribution in [0.3, 0.4) is 0 Å². The number of carbonyl (C=O) groups excluding carboxylic acids is 1. The summed E-state index contributed by atoms with van der Waals surface area (Å²) in [6.45, 7) is 0. The highest BCUT2D eigenvalue weighted by atomic mass is 32.1. The van der Waals surface area contributed by atoms with E-state index in [1.54, 1.807) is 36.4 Å². The van der Waals surface area contributed by atoms with Crippen LogP contribution in [0.25, 0.3) is 0 Å². The second-order valence-corrected chi connectivity index (χ2v) is 7.27. The SMILES string of the molecule is N#Cc1ccc(Oc2ccc(C(=O)N[C@@H]3C[C@H]4CC[C@@H]3N4)cc2)s1. The second kappa shape index (κ2) is 6.27. The molecule has 0 radical (unpaired) electrons. The lowest BCUT2D eigenvalue weighted by Crippen LogP contribution is -2.42. The first-order valence-electron chi connectivity index (χ1n) is 8.06. The fraction of sp³-hybridized carbons (Fsp3) is 0.333. The summed E-state index contributed by atoms with van der Waals surface area (Å²) in [7, 11) is 0. The predicted octanol–water partition coefficient (Wildman–Crippen LogP) is 3.03. The van der Waals surface area contributed by atoms with Gasteiger partial charge < -0.3 is 15.4 Å². The number of fused-ring (bicyclic) bond motifs is 2. The average Bonchev–Trinajstić information content (AvgIpc) is 3.32. The smallest absolute Gasteiger partial charge is 0.251 e. The number of benzene rings is 1. The molecular formula is C18H17N3O2S. The third-order valence-electron chi connectivity index (χ3n) is 4.64. The Labute approximate surface area is 144 Å². The van der Waals surface area contributed by atoms with Crippen molar-refractivity contribution in [2.24, 2.45) is 0 Å². The van der Waals surface area contributed by atoms with Crippen molar-refractivity contribution in [1.82, 2.24) is 10.6 Å². The van der Waals surface area contributed by atoms with Crippen LogP contribution in [0.2, 0.25) is 0 Å². The summed E-state index contributed by atoms with van der Waals surface area (Å²) in [6.07, 6.45) is 3.39. The fourth-order valence-electron chi connectivity index (χ4n) is 3.46. The van der Waals surface area contributed by atoms with Gasteiger partial charge in [0.05, 0.1) is 0 Å². The lowest BCUT2D eigenvalue weighted by Gasteiger charge is -2.21. The molecule has 3 atom stereocenters. The monoisotopic (exact) mass is 339 g/mol.